The molecule has 18 heavy (non-hydrogen) atoms. The van der Waals surface area contributed by atoms with E-state index >= 15 is 0 Å². The summed E-state index contributed by atoms with van der Waals surface area (Å²) in [7, 11) is -2.46. The summed E-state index contributed by atoms with van der Waals surface area (Å²) < 4.78 is 6.22. The van der Waals surface area contributed by atoms with Gasteiger partial charge in [0.15, 0.2) is 8.32 Å². The van der Waals surface area contributed by atoms with Crippen LogP contribution in [0.25, 0.3) is 0 Å². The highest BCUT2D eigenvalue weighted by Crippen LogP contribution is 2.36. The first-order valence-electron chi connectivity index (χ1n) is 6.83. The molecule has 1 aliphatic rings. The molecule has 5 heteroatoms. The smallest absolute Gasteiger partial charge is 0.192 e. The van der Waals surface area contributed by atoms with Crippen molar-refractivity contribution in [2.75, 3.05) is 19.7 Å². The van der Waals surface area contributed by atoms with Crippen LogP contribution in [0.15, 0.2) is 0 Å². The van der Waals surface area contributed by atoms with Gasteiger partial charge in [-0.25, -0.2) is 0 Å². The van der Waals surface area contributed by atoms with Crippen LogP contribution in [0, 0.1) is 0 Å². The Morgan fingerprint density at radius 1 is 1.11 bits per heavy atom. The predicted molar refractivity (Wildman–Crippen MR) is 87.6 cm³/mol. The fourth-order valence-corrected chi connectivity index (χ4v) is 4.92. The molecule has 1 rings (SSSR count). The summed E-state index contributed by atoms with van der Waals surface area (Å²) >= 11 is 0. The highest BCUT2D eigenvalue weighted by atomic mass is 28.4. The molecule has 0 spiro atoms. The Labute approximate surface area is 118 Å². The fraction of sp³-hybridized carbons (Fsp3) is 1.00. The molecule has 0 aliphatic carbocycles. The maximum Gasteiger partial charge on any atom is 0.192 e. The summed E-state index contributed by atoms with van der Waals surface area (Å²) in [5.74, 6) is 0. The van der Waals surface area contributed by atoms with Gasteiger partial charge in [-0.15, -0.1) is 0 Å². The van der Waals surface area contributed by atoms with Crippen molar-refractivity contribution in [1.82, 2.24) is 4.90 Å². The lowest BCUT2D eigenvalue weighted by Crippen LogP contribution is -2.42. The van der Waals surface area contributed by atoms with E-state index in [1.54, 1.807) is 0 Å². The van der Waals surface area contributed by atoms with Gasteiger partial charge in [-0.3, -0.25) is 4.90 Å². The predicted octanol–water partition coefficient (Wildman–Crippen LogP) is 3.19. The molecule has 0 aromatic carbocycles. The first kappa shape index (κ1) is 18.4. The molecule has 0 N–H and O–H groups in total. The lowest BCUT2D eigenvalue weighted by atomic mass is 10.2. The highest BCUT2D eigenvalue weighted by molar-refractivity contribution is 6.78. The Hall–Kier alpha value is 0.419. The van der Waals surface area contributed by atoms with Crippen LogP contribution in [0.1, 0.15) is 20.8 Å². The van der Waals surface area contributed by atoms with Crippen molar-refractivity contribution < 1.29 is 4.43 Å². The molecule has 1 unspecified atom stereocenters. The topological polar surface area (TPSA) is 12.2 Å². The Morgan fingerprint density at radius 3 is 1.94 bits per heavy atom. The van der Waals surface area contributed by atoms with Crippen LogP contribution < -0.4 is 0 Å². The van der Waals surface area contributed by atoms with E-state index in [2.05, 4.69) is 58.4 Å². The number of nitrogens with zero attached hydrogens (tertiary/aromatic N) is 1. The van der Waals surface area contributed by atoms with Crippen molar-refractivity contribution in [3.8, 4) is 0 Å². The van der Waals surface area contributed by atoms with Crippen molar-refractivity contribution >= 4 is 24.8 Å². The third-order valence-electron chi connectivity index (χ3n) is 4.36. The molecule has 0 bridgehead atoms. The van der Waals surface area contributed by atoms with Crippen molar-refractivity contribution in [1.29, 1.82) is 0 Å². The van der Waals surface area contributed by atoms with Crippen LogP contribution in [0.5, 0.6) is 0 Å². The standard InChI is InChI=1S/C13H31NOSi2.B/c1-13(2,3)17(7,8)15-10-9-14-11-12(14)16(4,5)6;/h12H,9-11H2,1-8H3;/t12-,14?;/m1./s1. The molecule has 3 radical (unpaired) electrons. The van der Waals surface area contributed by atoms with E-state index in [1.165, 1.54) is 6.54 Å². The van der Waals surface area contributed by atoms with E-state index < -0.39 is 16.4 Å². The summed E-state index contributed by atoms with van der Waals surface area (Å²) in [5, 5.41) is 0.337. The SMILES string of the molecule is CC(C)(C)[Si](C)(C)OCCN1C[C@H]1[Si](C)(C)C.[B]. The van der Waals surface area contributed by atoms with E-state index in [-0.39, 0.29) is 8.41 Å². The minimum atomic E-state index is -1.53. The second-order valence-electron chi connectivity index (χ2n) is 7.99. The zero-order chi connectivity index (χ0) is 13.5. The highest BCUT2D eigenvalue weighted by Gasteiger charge is 2.44. The molecule has 105 valence electrons. The zero-order valence-corrected chi connectivity index (χ0v) is 15.6. The van der Waals surface area contributed by atoms with Crippen LogP contribution >= 0.6 is 0 Å². The Bertz CT molecular complexity index is 271. The van der Waals surface area contributed by atoms with Crippen molar-refractivity contribution in [2.24, 2.45) is 0 Å². The number of rotatable bonds is 5. The Kier molecular flexibility index (Phi) is 5.95. The summed E-state index contributed by atoms with van der Waals surface area (Å²) in [5.41, 5.74) is 0.908. The summed E-state index contributed by atoms with van der Waals surface area (Å²) in [4.78, 5) is 2.60. The molecule has 1 aliphatic heterocycles. The van der Waals surface area contributed by atoms with Gasteiger partial charge in [-0.2, -0.15) is 0 Å². The minimum Gasteiger partial charge on any atom is -0.416 e. The average molecular weight is 284 g/mol. The van der Waals surface area contributed by atoms with Crippen molar-refractivity contribution in [2.45, 2.75) is 64.2 Å². The van der Waals surface area contributed by atoms with Crippen molar-refractivity contribution in [3.05, 3.63) is 0 Å². The van der Waals surface area contributed by atoms with Crippen LogP contribution in [-0.2, 0) is 4.43 Å². The molecule has 0 aromatic rings. The van der Waals surface area contributed by atoms with Crippen LogP contribution in [0.2, 0.25) is 37.8 Å². The summed E-state index contributed by atoms with van der Waals surface area (Å²) in [6.07, 6.45) is 0. The Balaban J connectivity index is 0.00000289. The van der Waals surface area contributed by atoms with Gasteiger partial charge in [0.05, 0.1) is 8.07 Å². The third-order valence-corrected chi connectivity index (χ3v) is 11.4. The van der Waals surface area contributed by atoms with E-state index in [9.17, 15) is 0 Å². The minimum absolute atomic E-state index is 0. The zero-order valence-electron chi connectivity index (χ0n) is 13.6. The van der Waals surface area contributed by atoms with Crippen molar-refractivity contribution in [3.63, 3.8) is 0 Å². The monoisotopic (exact) mass is 284 g/mol. The van der Waals surface area contributed by atoms with Gasteiger partial charge in [0.1, 0.15) is 0 Å². The molecular weight excluding hydrogens is 253 g/mol. The van der Waals surface area contributed by atoms with Gasteiger partial charge < -0.3 is 4.43 Å². The Morgan fingerprint density at radius 2 is 1.61 bits per heavy atom. The maximum absolute atomic E-state index is 6.22. The van der Waals surface area contributed by atoms with Gasteiger partial charge in [0, 0.05) is 33.8 Å². The number of hydrogen-bond donors (Lipinski definition) is 0. The first-order valence-corrected chi connectivity index (χ1v) is 13.3. The van der Waals surface area contributed by atoms with Gasteiger partial charge in [-0.1, -0.05) is 40.4 Å². The van der Waals surface area contributed by atoms with Gasteiger partial charge in [0.25, 0.3) is 0 Å². The number of hydrogen-bond acceptors (Lipinski definition) is 2. The van der Waals surface area contributed by atoms with E-state index in [0.29, 0.717) is 5.04 Å². The second kappa shape index (κ2) is 5.81. The molecule has 2 atom stereocenters. The average Bonchev–Trinajstić information content (AvgIpc) is 2.79. The van der Waals surface area contributed by atoms with E-state index in [1.807, 2.05) is 0 Å². The summed E-state index contributed by atoms with van der Waals surface area (Å²) in [6.45, 7) is 22.4. The first-order chi connectivity index (χ1) is 7.45. The molecule has 0 saturated carbocycles. The summed E-state index contributed by atoms with van der Waals surface area (Å²) in [6, 6.07) is 0. The fourth-order valence-electron chi connectivity index (χ4n) is 1.88. The largest absolute Gasteiger partial charge is 0.416 e. The molecular formula is C13H31BNOSi2. The van der Waals surface area contributed by atoms with Gasteiger partial charge in [0.2, 0.25) is 0 Å². The third kappa shape index (κ3) is 4.83. The van der Waals surface area contributed by atoms with Crippen LogP contribution in [0.3, 0.4) is 0 Å². The van der Waals surface area contributed by atoms with E-state index in [4.69, 9.17) is 4.43 Å². The quantitative estimate of drug-likeness (QED) is 0.568. The molecule has 1 fully saturated rings. The molecule has 1 saturated heterocycles. The maximum atomic E-state index is 6.22. The lowest BCUT2D eigenvalue weighted by Gasteiger charge is -2.36. The second-order valence-corrected chi connectivity index (χ2v) is 18.2. The van der Waals surface area contributed by atoms with Gasteiger partial charge in [-0.05, 0) is 18.1 Å². The van der Waals surface area contributed by atoms with Crippen LogP contribution in [-0.4, -0.2) is 55.1 Å². The van der Waals surface area contributed by atoms with Crippen LogP contribution in [0.4, 0.5) is 0 Å². The molecule has 2 nitrogen and oxygen atoms in total. The van der Waals surface area contributed by atoms with E-state index in [0.717, 1.165) is 18.8 Å². The van der Waals surface area contributed by atoms with Gasteiger partial charge >= 0.3 is 0 Å². The molecule has 0 amide bonds. The molecule has 0 aromatic heterocycles. The normalized spacial score (nSPS) is 24.7. The lowest BCUT2D eigenvalue weighted by molar-refractivity contribution is 0.265. The molecule has 1 heterocycles.